The molecule has 0 aliphatic carbocycles. The van der Waals surface area contributed by atoms with Crippen LogP contribution >= 0.6 is 11.3 Å². The number of ether oxygens (including phenoxy) is 1. The second kappa shape index (κ2) is 7.46. The van der Waals surface area contributed by atoms with Crippen molar-refractivity contribution in [2.75, 3.05) is 26.2 Å². The van der Waals surface area contributed by atoms with E-state index in [0.29, 0.717) is 12.2 Å². The molecule has 1 aliphatic rings. The number of rotatable bonds is 5. The van der Waals surface area contributed by atoms with Crippen molar-refractivity contribution in [3.05, 3.63) is 28.3 Å². The molecule has 7 heteroatoms. The molecular formula is C17H24N4O2S. The number of carbonyl (C=O) groups excluding carboxylic acids is 1. The molecule has 2 N–H and O–H groups in total. The van der Waals surface area contributed by atoms with E-state index in [9.17, 15) is 4.79 Å². The Kier molecular flexibility index (Phi) is 5.33. The van der Waals surface area contributed by atoms with Crippen molar-refractivity contribution in [3.8, 4) is 11.3 Å². The summed E-state index contributed by atoms with van der Waals surface area (Å²) in [4.78, 5) is 22.1. The van der Waals surface area contributed by atoms with Gasteiger partial charge in [0.2, 0.25) is 0 Å². The minimum Gasteiger partial charge on any atom is -0.373 e. The Hall–Kier alpha value is -1.70. The first kappa shape index (κ1) is 17.1. The molecule has 0 radical (unpaired) electrons. The van der Waals surface area contributed by atoms with Gasteiger partial charge in [-0.1, -0.05) is 0 Å². The van der Waals surface area contributed by atoms with Gasteiger partial charge in [0.25, 0.3) is 5.91 Å². The van der Waals surface area contributed by atoms with E-state index in [1.165, 1.54) is 0 Å². The van der Waals surface area contributed by atoms with Crippen LogP contribution in [0.5, 0.6) is 0 Å². The molecule has 0 spiro atoms. The summed E-state index contributed by atoms with van der Waals surface area (Å²) in [5, 5.41) is 6.00. The zero-order valence-corrected chi connectivity index (χ0v) is 15.2. The van der Waals surface area contributed by atoms with Gasteiger partial charge in [-0.3, -0.25) is 9.69 Å². The summed E-state index contributed by atoms with van der Waals surface area (Å²) >= 11 is 1.61. The molecule has 0 aromatic carbocycles. The zero-order chi connectivity index (χ0) is 17.1. The van der Waals surface area contributed by atoms with Crippen molar-refractivity contribution in [2.24, 2.45) is 0 Å². The Labute approximate surface area is 146 Å². The van der Waals surface area contributed by atoms with Crippen molar-refractivity contribution in [3.63, 3.8) is 0 Å². The largest absolute Gasteiger partial charge is 0.373 e. The quantitative estimate of drug-likeness (QED) is 0.870. The zero-order valence-electron chi connectivity index (χ0n) is 14.3. The number of aryl methyl sites for hydroxylation is 1. The third-order valence-electron chi connectivity index (χ3n) is 4.05. The summed E-state index contributed by atoms with van der Waals surface area (Å²) in [6, 6.07) is 1.85. The van der Waals surface area contributed by atoms with Crippen LogP contribution in [-0.2, 0) is 4.74 Å². The lowest BCUT2D eigenvalue weighted by molar-refractivity contribution is -0.0672. The van der Waals surface area contributed by atoms with Crippen LogP contribution in [0.15, 0.2) is 17.6 Å². The van der Waals surface area contributed by atoms with Gasteiger partial charge in [-0.15, -0.1) is 11.3 Å². The molecule has 6 nitrogen and oxygen atoms in total. The normalized spacial score (nSPS) is 21.8. The highest BCUT2D eigenvalue weighted by molar-refractivity contribution is 7.09. The topological polar surface area (TPSA) is 70.2 Å². The standard InChI is InChI=1S/C17H24N4O2S/c1-11-8-21(9-12(2)23-11)5-4-18-17(22)15-6-14(7-19-15)16-10-24-13(3)20-16/h6-7,10-12,19H,4-5,8-9H2,1-3H3,(H,18,22)/t11-,12-/m1/s1. The van der Waals surface area contributed by atoms with E-state index in [4.69, 9.17) is 4.74 Å². The molecule has 1 aliphatic heterocycles. The number of hydrogen-bond donors (Lipinski definition) is 2. The van der Waals surface area contributed by atoms with Crippen molar-refractivity contribution >= 4 is 17.2 Å². The summed E-state index contributed by atoms with van der Waals surface area (Å²) in [5.74, 6) is -0.0810. The van der Waals surface area contributed by atoms with Crippen molar-refractivity contribution < 1.29 is 9.53 Å². The van der Waals surface area contributed by atoms with Crippen LogP contribution in [0, 0.1) is 6.92 Å². The fraction of sp³-hybridized carbons (Fsp3) is 0.529. The van der Waals surface area contributed by atoms with E-state index in [2.05, 4.69) is 34.0 Å². The summed E-state index contributed by atoms with van der Waals surface area (Å²) in [7, 11) is 0. The number of morpholine rings is 1. The minimum absolute atomic E-state index is 0.0810. The smallest absolute Gasteiger partial charge is 0.267 e. The maximum absolute atomic E-state index is 12.3. The predicted octanol–water partition coefficient (Wildman–Crippen LogP) is 2.29. The van der Waals surface area contributed by atoms with E-state index < -0.39 is 0 Å². The number of nitrogens with one attached hydrogen (secondary N) is 2. The number of aromatic amines is 1. The van der Waals surface area contributed by atoms with Crippen molar-refractivity contribution in [2.45, 2.75) is 33.0 Å². The van der Waals surface area contributed by atoms with Crippen LogP contribution in [-0.4, -0.2) is 59.2 Å². The van der Waals surface area contributed by atoms with Gasteiger partial charge in [0.1, 0.15) is 5.69 Å². The number of amides is 1. The molecule has 2 aromatic rings. The lowest BCUT2D eigenvalue weighted by Crippen LogP contribution is -2.47. The molecule has 2 atom stereocenters. The molecule has 24 heavy (non-hydrogen) atoms. The van der Waals surface area contributed by atoms with E-state index in [1.54, 1.807) is 11.3 Å². The molecular weight excluding hydrogens is 324 g/mol. The van der Waals surface area contributed by atoms with Gasteiger partial charge in [-0.2, -0.15) is 0 Å². The second-order valence-corrected chi connectivity index (χ2v) is 7.39. The van der Waals surface area contributed by atoms with Crippen LogP contribution in [0.3, 0.4) is 0 Å². The lowest BCUT2D eigenvalue weighted by atomic mass is 10.2. The maximum Gasteiger partial charge on any atom is 0.267 e. The van der Waals surface area contributed by atoms with Crippen LogP contribution in [0.4, 0.5) is 0 Å². The van der Waals surface area contributed by atoms with Crippen LogP contribution in [0.25, 0.3) is 11.3 Å². The third-order valence-corrected chi connectivity index (χ3v) is 4.82. The predicted molar refractivity (Wildman–Crippen MR) is 95.4 cm³/mol. The van der Waals surface area contributed by atoms with Gasteiger partial charge in [0, 0.05) is 43.3 Å². The number of aromatic nitrogens is 2. The first-order chi connectivity index (χ1) is 11.5. The van der Waals surface area contributed by atoms with E-state index in [0.717, 1.165) is 35.9 Å². The monoisotopic (exact) mass is 348 g/mol. The molecule has 2 aromatic heterocycles. The van der Waals surface area contributed by atoms with Crippen LogP contribution in [0.2, 0.25) is 0 Å². The van der Waals surface area contributed by atoms with Crippen molar-refractivity contribution in [1.29, 1.82) is 0 Å². The van der Waals surface area contributed by atoms with E-state index in [1.807, 2.05) is 24.6 Å². The molecule has 0 bridgehead atoms. The highest BCUT2D eigenvalue weighted by Gasteiger charge is 2.21. The maximum atomic E-state index is 12.3. The number of thiazole rings is 1. The van der Waals surface area contributed by atoms with E-state index >= 15 is 0 Å². The first-order valence-corrected chi connectivity index (χ1v) is 9.16. The summed E-state index contributed by atoms with van der Waals surface area (Å²) < 4.78 is 5.72. The third kappa shape index (κ3) is 4.23. The first-order valence-electron chi connectivity index (χ1n) is 8.28. The lowest BCUT2D eigenvalue weighted by Gasteiger charge is -2.35. The number of H-pyrrole nitrogens is 1. The number of nitrogens with zero attached hydrogens (tertiary/aromatic N) is 2. The highest BCUT2D eigenvalue weighted by atomic mass is 32.1. The van der Waals surface area contributed by atoms with Gasteiger partial charge in [-0.05, 0) is 26.8 Å². The Morgan fingerprint density at radius 2 is 2.21 bits per heavy atom. The summed E-state index contributed by atoms with van der Waals surface area (Å²) in [6.07, 6.45) is 2.32. The number of carbonyl (C=O) groups is 1. The number of hydrogen-bond acceptors (Lipinski definition) is 5. The van der Waals surface area contributed by atoms with Gasteiger partial charge >= 0.3 is 0 Å². The Morgan fingerprint density at radius 1 is 1.46 bits per heavy atom. The molecule has 1 fully saturated rings. The second-order valence-electron chi connectivity index (χ2n) is 6.33. The van der Waals surface area contributed by atoms with Crippen LogP contribution < -0.4 is 5.32 Å². The SMILES string of the molecule is Cc1nc(-c2c[nH]c(C(=O)NCCN3C[C@@H](C)O[C@H](C)C3)c2)cs1. The molecule has 1 amide bonds. The van der Waals surface area contributed by atoms with Gasteiger partial charge in [0.15, 0.2) is 0 Å². The summed E-state index contributed by atoms with van der Waals surface area (Å²) in [6.45, 7) is 9.43. The molecule has 0 unspecified atom stereocenters. The van der Waals surface area contributed by atoms with Crippen LogP contribution in [0.1, 0.15) is 29.3 Å². The molecule has 0 saturated carbocycles. The minimum atomic E-state index is -0.0810. The van der Waals surface area contributed by atoms with Gasteiger partial charge in [0.05, 0.1) is 22.9 Å². The average Bonchev–Trinajstić information content (AvgIpc) is 3.14. The Morgan fingerprint density at radius 3 is 2.88 bits per heavy atom. The fourth-order valence-electron chi connectivity index (χ4n) is 3.06. The Balaban J connectivity index is 1.50. The molecule has 130 valence electrons. The molecule has 1 saturated heterocycles. The average molecular weight is 348 g/mol. The van der Waals surface area contributed by atoms with Gasteiger partial charge in [-0.25, -0.2) is 4.98 Å². The fourth-order valence-corrected chi connectivity index (χ4v) is 3.68. The Bertz CT molecular complexity index is 686. The molecule has 3 heterocycles. The summed E-state index contributed by atoms with van der Waals surface area (Å²) in [5.41, 5.74) is 2.42. The molecule has 3 rings (SSSR count). The van der Waals surface area contributed by atoms with E-state index in [-0.39, 0.29) is 18.1 Å². The van der Waals surface area contributed by atoms with Gasteiger partial charge < -0.3 is 15.0 Å². The highest BCUT2D eigenvalue weighted by Crippen LogP contribution is 2.22. The van der Waals surface area contributed by atoms with Crippen molar-refractivity contribution in [1.82, 2.24) is 20.2 Å².